The molecule has 0 aliphatic carbocycles. The van der Waals surface area contributed by atoms with Crippen LogP contribution in [0.1, 0.15) is 17.2 Å². The summed E-state index contributed by atoms with van der Waals surface area (Å²) >= 11 is 3.53. The van der Waals surface area contributed by atoms with Crippen LogP contribution in [0.3, 0.4) is 0 Å². The molecule has 2 rings (SSSR count). The number of rotatable bonds is 5. The highest BCUT2D eigenvalue weighted by molar-refractivity contribution is 9.10. The summed E-state index contributed by atoms with van der Waals surface area (Å²) in [6, 6.07) is 14.9. The lowest BCUT2D eigenvalue weighted by Crippen LogP contribution is -2.20. The maximum Gasteiger partial charge on any atom is 0.0636 e. The zero-order valence-corrected chi connectivity index (χ0v) is 14.3. The van der Waals surface area contributed by atoms with Crippen LogP contribution in [0.4, 0.5) is 11.4 Å². The van der Waals surface area contributed by atoms with Crippen LogP contribution >= 0.6 is 15.9 Å². The molecule has 3 nitrogen and oxygen atoms in total. The maximum atomic E-state index is 5.94. The van der Waals surface area contributed by atoms with E-state index >= 15 is 0 Å². The third kappa shape index (κ3) is 4.22. The first kappa shape index (κ1) is 15.9. The molecule has 0 heterocycles. The zero-order chi connectivity index (χ0) is 15.4. The third-order valence-corrected chi connectivity index (χ3v) is 3.89. The van der Waals surface area contributed by atoms with E-state index in [9.17, 15) is 0 Å². The van der Waals surface area contributed by atoms with Crippen LogP contribution in [0.15, 0.2) is 46.9 Å². The van der Waals surface area contributed by atoms with E-state index < -0.39 is 0 Å². The lowest BCUT2D eigenvalue weighted by Gasteiger charge is -2.20. The van der Waals surface area contributed by atoms with Gasteiger partial charge in [0.25, 0.3) is 0 Å². The van der Waals surface area contributed by atoms with Gasteiger partial charge in [0.2, 0.25) is 0 Å². The number of nitrogens with two attached hydrogens (primary N) is 1. The minimum absolute atomic E-state index is 0.106. The molecule has 0 saturated carbocycles. The molecule has 0 spiro atoms. The van der Waals surface area contributed by atoms with Gasteiger partial charge in [0.15, 0.2) is 0 Å². The summed E-state index contributed by atoms with van der Waals surface area (Å²) < 4.78 is 1.07. The largest absolute Gasteiger partial charge is 0.378 e. The molecule has 21 heavy (non-hydrogen) atoms. The molecule has 112 valence electrons. The molecular weight excluding hydrogens is 326 g/mol. The topological polar surface area (TPSA) is 41.3 Å². The van der Waals surface area contributed by atoms with E-state index in [1.54, 1.807) is 0 Å². The molecule has 4 heteroatoms. The van der Waals surface area contributed by atoms with Crippen molar-refractivity contribution >= 4 is 27.3 Å². The van der Waals surface area contributed by atoms with E-state index in [0.717, 1.165) is 10.2 Å². The average Bonchev–Trinajstić information content (AvgIpc) is 2.44. The van der Waals surface area contributed by atoms with Gasteiger partial charge < -0.3 is 16.0 Å². The highest BCUT2D eigenvalue weighted by Gasteiger charge is 2.10. The van der Waals surface area contributed by atoms with Gasteiger partial charge in [-0.3, -0.25) is 0 Å². The zero-order valence-electron chi connectivity index (χ0n) is 12.7. The fourth-order valence-corrected chi connectivity index (χ4v) is 2.91. The molecule has 0 fully saturated rings. The molecule has 3 N–H and O–H groups in total. The number of aryl methyl sites for hydroxylation is 1. The van der Waals surface area contributed by atoms with Gasteiger partial charge in [-0.25, -0.2) is 0 Å². The van der Waals surface area contributed by atoms with Gasteiger partial charge in [0.05, 0.1) is 6.04 Å². The molecule has 0 aromatic heterocycles. The quantitative estimate of drug-likeness (QED) is 0.860. The van der Waals surface area contributed by atoms with Crippen LogP contribution < -0.4 is 16.0 Å². The van der Waals surface area contributed by atoms with Gasteiger partial charge in [-0.1, -0.05) is 28.1 Å². The molecule has 0 amide bonds. The third-order valence-electron chi connectivity index (χ3n) is 3.43. The second kappa shape index (κ2) is 6.96. The molecule has 1 unspecified atom stereocenters. The molecule has 0 aliphatic rings. The van der Waals surface area contributed by atoms with E-state index in [1.807, 2.05) is 14.1 Å². The standard InChI is InChI=1S/C17H22BrN3/c1-12-8-14(18)10-15(9-12)20-17(11-19)13-4-6-16(7-5-13)21(2)3/h4-10,17,20H,11,19H2,1-3H3. The molecule has 1 atom stereocenters. The van der Waals surface area contributed by atoms with Gasteiger partial charge in [0, 0.05) is 36.5 Å². The summed E-state index contributed by atoms with van der Waals surface area (Å²) in [6.07, 6.45) is 0. The lowest BCUT2D eigenvalue weighted by atomic mass is 10.1. The molecule has 2 aromatic carbocycles. The van der Waals surface area contributed by atoms with Crippen LogP contribution in [0, 0.1) is 6.92 Å². The van der Waals surface area contributed by atoms with Crippen LogP contribution in [0.2, 0.25) is 0 Å². The fourth-order valence-electron chi connectivity index (χ4n) is 2.30. The first-order valence-corrected chi connectivity index (χ1v) is 7.80. The Morgan fingerprint density at radius 2 is 1.81 bits per heavy atom. The highest BCUT2D eigenvalue weighted by atomic mass is 79.9. The smallest absolute Gasteiger partial charge is 0.0636 e. The molecular formula is C17H22BrN3. The number of nitrogens with one attached hydrogen (secondary N) is 1. The second-order valence-corrected chi connectivity index (χ2v) is 6.35. The summed E-state index contributed by atoms with van der Waals surface area (Å²) in [4.78, 5) is 2.09. The van der Waals surface area contributed by atoms with Crippen molar-refractivity contribution in [2.45, 2.75) is 13.0 Å². The van der Waals surface area contributed by atoms with E-state index in [4.69, 9.17) is 5.73 Å². The second-order valence-electron chi connectivity index (χ2n) is 5.44. The van der Waals surface area contributed by atoms with Crippen LogP contribution in [-0.2, 0) is 0 Å². The predicted octanol–water partition coefficient (Wildman–Crippen LogP) is 3.94. The van der Waals surface area contributed by atoms with E-state index in [-0.39, 0.29) is 6.04 Å². The first-order valence-electron chi connectivity index (χ1n) is 7.00. The summed E-state index contributed by atoms with van der Waals surface area (Å²) in [5.74, 6) is 0. The number of hydrogen-bond donors (Lipinski definition) is 2. The number of hydrogen-bond acceptors (Lipinski definition) is 3. The lowest BCUT2D eigenvalue weighted by molar-refractivity contribution is 0.789. The van der Waals surface area contributed by atoms with Crippen molar-refractivity contribution in [3.8, 4) is 0 Å². The van der Waals surface area contributed by atoms with Crippen LogP contribution in [-0.4, -0.2) is 20.6 Å². The maximum absolute atomic E-state index is 5.94. The predicted molar refractivity (Wildman–Crippen MR) is 95.1 cm³/mol. The number of nitrogens with zero attached hydrogens (tertiary/aromatic N) is 1. The Kier molecular flexibility index (Phi) is 5.26. The van der Waals surface area contributed by atoms with Crippen molar-refractivity contribution in [2.24, 2.45) is 5.73 Å². The van der Waals surface area contributed by atoms with E-state index in [0.29, 0.717) is 6.54 Å². The Morgan fingerprint density at radius 1 is 1.14 bits per heavy atom. The fraction of sp³-hybridized carbons (Fsp3) is 0.294. The minimum atomic E-state index is 0.106. The van der Waals surface area contributed by atoms with Crippen molar-refractivity contribution in [3.63, 3.8) is 0 Å². The molecule has 0 radical (unpaired) electrons. The SMILES string of the molecule is Cc1cc(Br)cc(NC(CN)c2ccc(N(C)C)cc2)c1. The molecule has 2 aromatic rings. The molecule has 0 bridgehead atoms. The van der Waals surface area contributed by atoms with E-state index in [1.165, 1.54) is 16.8 Å². The Bertz CT molecular complexity index is 573. The normalized spacial score (nSPS) is 12.0. The van der Waals surface area contributed by atoms with Gasteiger partial charge in [-0.05, 0) is 48.4 Å². The monoisotopic (exact) mass is 347 g/mol. The Labute approximate surface area is 135 Å². The highest BCUT2D eigenvalue weighted by Crippen LogP contribution is 2.24. The van der Waals surface area contributed by atoms with Gasteiger partial charge in [-0.2, -0.15) is 0 Å². The summed E-state index contributed by atoms with van der Waals surface area (Å²) in [5, 5.41) is 3.51. The summed E-state index contributed by atoms with van der Waals surface area (Å²) in [7, 11) is 4.08. The van der Waals surface area contributed by atoms with Crippen LogP contribution in [0.5, 0.6) is 0 Å². The summed E-state index contributed by atoms with van der Waals surface area (Å²) in [6.45, 7) is 2.63. The first-order chi connectivity index (χ1) is 9.99. The molecule has 0 aliphatic heterocycles. The van der Waals surface area contributed by atoms with Gasteiger partial charge in [-0.15, -0.1) is 0 Å². The Morgan fingerprint density at radius 3 is 2.33 bits per heavy atom. The average molecular weight is 348 g/mol. The van der Waals surface area contributed by atoms with Crippen molar-refractivity contribution in [1.29, 1.82) is 0 Å². The summed E-state index contributed by atoms with van der Waals surface area (Å²) in [5.41, 5.74) is 10.6. The number of anilines is 2. The van der Waals surface area contributed by atoms with Crippen molar-refractivity contribution < 1.29 is 0 Å². The minimum Gasteiger partial charge on any atom is -0.378 e. The van der Waals surface area contributed by atoms with Crippen molar-refractivity contribution in [1.82, 2.24) is 0 Å². The Balaban J connectivity index is 2.19. The number of benzene rings is 2. The van der Waals surface area contributed by atoms with E-state index in [2.05, 4.69) is 75.5 Å². The molecule has 0 saturated heterocycles. The van der Waals surface area contributed by atoms with Crippen molar-refractivity contribution in [2.75, 3.05) is 30.9 Å². The number of halogens is 1. The van der Waals surface area contributed by atoms with Crippen LogP contribution in [0.25, 0.3) is 0 Å². The van der Waals surface area contributed by atoms with Gasteiger partial charge in [0.1, 0.15) is 0 Å². The Hall–Kier alpha value is -1.52. The van der Waals surface area contributed by atoms with Gasteiger partial charge >= 0.3 is 0 Å². The van der Waals surface area contributed by atoms with Crippen molar-refractivity contribution in [3.05, 3.63) is 58.1 Å².